The summed E-state index contributed by atoms with van der Waals surface area (Å²) in [6, 6.07) is 9.45. The average Bonchev–Trinajstić information content (AvgIpc) is 2.39. The van der Waals surface area contributed by atoms with Gasteiger partial charge in [-0.3, -0.25) is 4.79 Å². The Morgan fingerprint density at radius 1 is 1.16 bits per heavy atom. The lowest BCUT2D eigenvalue weighted by molar-refractivity contribution is -0.352. The van der Waals surface area contributed by atoms with Crippen molar-refractivity contribution < 1.29 is 19.0 Å². The standard InChI is InChI=1S/C15H18O4/c1-3-17-15(18-4-2)11-13(16)10-14(19-15)12-8-6-5-7-9-12/h5-10H,3-4,11H2,1-2H3. The smallest absolute Gasteiger partial charge is 0.334 e. The molecule has 0 fully saturated rings. The van der Waals surface area contributed by atoms with Crippen molar-refractivity contribution in [1.82, 2.24) is 0 Å². The fourth-order valence-corrected chi connectivity index (χ4v) is 2.03. The lowest BCUT2D eigenvalue weighted by Gasteiger charge is -2.35. The van der Waals surface area contributed by atoms with Crippen molar-refractivity contribution in [3.8, 4) is 0 Å². The Hall–Kier alpha value is -1.65. The average molecular weight is 262 g/mol. The molecule has 0 radical (unpaired) electrons. The Morgan fingerprint density at radius 3 is 2.37 bits per heavy atom. The van der Waals surface area contributed by atoms with E-state index in [-0.39, 0.29) is 12.2 Å². The summed E-state index contributed by atoms with van der Waals surface area (Å²) in [5.41, 5.74) is 0.833. The van der Waals surface area contributed by atoms with E-state index in [0.29, 0.717) is 19.0 Å². The van der Waals surface area contributed by atoms with Crippen LogP contribution < -0.4 is 0 Å². The minimum absolute atomic E-state index is 0.0630. The number of ketones is 1. The summed E-state index contributed by atoms with van der Waals surface area (Å²) in [6.45, 7) is 4.51. The Balaban J connectivity index is 2.29. The molecular weight excluding hydrogens is 244 g/mol. The first-order chi connectivity index (χ1) is 9.19. The van der Waals surface area contributed by atoms with Crippen LogP contribution in [0.4, 0.5) is 0 Å². The Labute approximate surface area is 113 Å². The van der Waals surface area contributed by atoms with Gasteiger partial charge in [0.15, 0.2) is 5.78 Å². The lowest BCUT2D eigenvalue weighted by atomic mass is 10.1. The van der Waals surface area contributed by atoms with Crippen LogP contribution in [0, 0.1) is 0 Å². The number of hydrogen-bond acceptors (Lipinski definition) is 4. The number of carbonyl (C=O) groups is 1. The summed E-state index contributed by atoms with van der Waals surface area (Å²) >= 11 is 0. The third kappa shape index (κ3) is 3.22. The van der Waals surface area contributed by atoms with E-state index in [1.54, 1.807) is 0 Å². The van der Waals surface area contributed by atoms with E-state index in [1.807, 2.05) is 44.2 Å². The van der Waals surface area contributed by atoms with E-state index in [4.69, 9.17) is 14.2 Å². The summed E-state index contributed by atoms with van der Waals surface area (Å²) in [5.74, 6) is -0.869. The molecule has 0 unspecified atom stereocenters. The third-order valence-electron chi connectivity index (χ3n) is 2.74. The Morgan fingerprint density at radius 2 is 1.79 bits per heavy atom. The van der Waals surface area contributed by atoms with Gasteiger partial charge in [0, 0.05) is 11.6 Å². The molecule has 1 aliphatic heterocycles. The number of benzene rings is 1. The molecule has 0 saturated carbocycles. The van der Waals surface area contributed by atoms with Crippen LogP contribution >= 0.6 is 0 Å². The summed E-state index contributed by atoms with van der Waals surface area (Å²) in [5, 5.41) is 0. The molecule has 1 aliphatic rings. The largest absolute Gasteiger partial charge is 0.438 e. The number of allylic oxidation sites excluding steroid dienone is 1. The number of hydrogen-bond donors (Lipinski definition) is 0. The molecule has 0 spiro atoms. The molecule has 19 heavy (non-hydrogen) atoms. The van der Waals surface area contributed by atoms with Crippen molar-refractivity contribution >= 4 is 11.5 Å². The fraction of sp³-hybridized carbons (Fsp3) is 0.400. The molecule has 1 heterocycles. The van der Waals surface area contributed by atoms with Crippen LogP contribution in [0.15, 0.2) is 36.4 Å². The van der Waals surface area contributed by atoms with Crippen LogP contribution in [-0.4, -0.2) is 25.0 Å². The first kappa shape index (κ1) is 13.8. The van der Waals surface area contributed by atoms with E-state index < -0.39 is 5.97 Å². The van der Waals surface area contributed by atoms with Gasteiger partial charge in [-0.15, -0.1) is 0 Å². The quantitative estimate of drug-likeness (QED) is 0.765. The van der Waals surface area contributed by atoms with Gasteiger partial charge >= 0.3 is 5.97 Å². The molecular formula is C15H18O4. The van der Waals surface area contributed by atoms with Crippen LogP contribution in [0.3, 0.4) is 0 Å². The zero-order valence-corrected chi connectivity index (χ0v) is 11.2. The lowest BCUT2D eigenvalue weighted by Crippen LogP contribution is -2.43. The Bertz CT molecular complexity index is 458. The van der Waals surface area contributed by atoms with E-state index in [1.165, 1.54) is 6.08 Å². The predicted molar refractivity (Wildman–Crippen MR) is 71.1 cm³/mol. The first-order valence-electron chi connectivity index (χ1n) is 6.46. The summed E-state index contributed by atoms with van der Waals surface area (Å²) in [4.78, 5) is 11.9. The van der Waals surface area contributed by atoms with E-state index in [2.05, 4.69) is 0 Å². The summed E-state index contributed by atoms with van der Waals surface area (Å²) < 4.78 is 16.9. The van der Waals surface area contributed by atoms with Crippen molar-refractivity contribution in [2.24, 2.45) is 0 Å². The van der Waals surface area contributed by atoms with Crippen molar-refractivity contribution in [2.75, 3.05) is 13.2 Å². The normalized spacial score (nSPS) is 17.8. The molecule has 0 saturated heterocycles. The molecule has 4 heteroatoms. The van der Waals surface area contributed by atoms with Crippen LogP contribution in [0.5, 0.6) is 0 Å². The second-order valence-electron chi connectivity index (χ2n) is 4.17. The second-order valence-corrected chi connectivity index (χ2v) is 4.17. The molecule has 0 N–H and O–H groups in total. The van der Waals surface area contributed by atoms with Gasteiger partial charge in [0.1, 0.15) is 12.2 Å². The number of rotatable bonds is 5. The highest BCUT2D eigenvalue weighted by atomic mass is 16.9. The SMILES string of the molecule is CCOC1(OCC)CC(=O)C=C(c2ccccc2)O1. The number of carbonyl (C=O) groups excluding carboxylic acids is 1. The Kier molecular flexibility index (Phi) is 4.35. The predicted octanol–water partition coefficient (Wildman–Crippen LogP) is 2.74. The van der Waals surface area contributed by atoms with Gasteiger partial charge in [0.25, 0.3) is 0 Å². The first-order valence-corrected chi connectivity index (χ1v) is 6.46. The van der Waals surface area contributed by atoms with E-state index in [9.17, 15) is 4.79 Å². The fourth-order valence-electron chi connectivity index (χ4n) is 2.03. The van der Waals surface area contributed by atoms with Gasteiger partial charge in [-0.2, -0.15) is 0 Å². The molecule has 4 nitrogen and oxygen atoms in total. The molecule has 0 bridgehead atoms. The van der Waals surface area contributed by atoms with Crippen LogP contribution in [0.2, 0.25) is 0 Å². The van der Waals surface area contributed by atoms with E-state index in [0.717, 1.165) is 5.56 Å². The van der Waals surface area contributed by atoms with Gasteiger partial charge in [0.05, 0.1) is 13.2 Å². The maximum Gasteiger partial charge on any atom is 0.334 e. The van der Waals surface area contributed by atoms with Crippen molar-refractivity contribution in [3.05, 3.63) is 42.0 Å². The molecule has 1 aromatic rings. The van der Waals surface area contributed by atoms with Crippen molar-refractivity contribution in [2.45, 2.75) is 26.2 Å². The van der Waals surface area contributed by atoms with Gasteiger partial charge in [0.2, 0.25) is 0 Å². The second kappa shape index (κ2) is 5.99. The number of ether oxygens (including phenoxy) is 3. The van der Waals surface area contributed by atoms with Crippen LogP contribution in [0.25, 0.3) is 5.76 Å². The van der Waals surface area contributed by atoms with Gasteiger partial charge in [-0.25, -0.2) is 0 Å². The molecule has 2 rings (SSSR count). The minimum atomic E-state index is -1.29. The molecule has 0 aliphatic carbocycles. The minimum Gasteiger partial charge on any atom is -0.438 e. The molecule has 102 valence electrons. The summed E-state index contributed by atoms with van der Waals surface area (Å²) in [6.07, 6.45) is 1.57. The monoisotopic (exact) mass is 262 g/mol. The molecule has 1 aromatic carbocycles. The maximum atomic E-state index is 11.9. The zero-order valence-electron chi connectivity index (χ0n) is 11.2. The molecule has 0 atom stereocenters. The molecule has 0 amide bonds. The van der Waals surface area contributed by atoms with Crippen molar-refractivity contribution in [1.29, 1.82) is 0 Å². The van der Waals surface area contributed by atoms with Crippen LogP contribution in [0.1, 0.15) is 25.8 Å². The molecule has 0 aromatic heterocycles. The topological polar surface area (TPSA) is 44.8 Å². The highest BCUT2D eigenvalue weighted by Crippen LogP contribution is 2.33. The zero-order chi connectivity index (χ0) is 13.7. The van der Waals surface area contributed by atoms with E-state index >= 15 is 0 Å². The van der Waals surface area contributed by atoms with Gasteiger partial charge in [-0.1, -0.05) is 30.3 Å². The van der Waals surface area contributed by atoms with Crippen LogP contribution in [-0.2, 0) is 19.0 Å². The third-order valence-corrected chi connectivity index (χ3v) is 2.74. The highest BCUT2D eigenvalue weighted by molar-refractivity contribution is 5.97. The van der Waals surface area contributed by atoms with Gasteiger partial charge < -0.3 is 14.2 Å². The maximum absolute atomic E-state index is 11.9. The highest BCUT2D eigenvalue weighted by Gasteiger charge is 2.41. The summed E-state index contributed by atoms with van der Waals surface area (Å²) in [7, 11) is 0. The van der Waals surface area contributed by atoms with Gasteiger partial charge in [-0.05, 0) is 13.8 Å². The van der Waals surface area contributed by atoms with Crippen molar-refractivity contribution in [3.63, 3.8) is 0 Å².